The Hall–Kier alpha value is -1.99. The molecule has 102 valence electrons. The number of urea groups is 1. The second-order valence-electron chi connectivity index (χ2n) is 5.38. The van der Waals surface area contributed by atoms with Crippen LogP contribution in [-0.4, -0.2) is 18.1 Å². The maximum Gasteiger partial charge on any atom is 0.319 e. The molecule has 2 amide bonds. The minimum atomic E-state index is -0.281. The highest BCUT2D eigenvalue weighted by Crippen LogP contribution is 2.16. The number of anilines is 1. The van der Waals surface area contributed by atoms with Crippen LogP contribution in [0.25, 0.3) is 0 Å². The molecule has 0 aliphatic heterocycles. The highest BCUT2D eigenvalue weighted by Gasteiger charge is 2.14. The van der Waals surface area contributed by atoms with Crippen molar-refractivity contribution in [3.05, 3.63) is 29.3 Å². The Balaban J connectivity index is 2.93. The molecule has 0 atom stereocenters. The van der Waals surface area contributed by atoms with Crippen molar-refractivity contribution in [3.63, 3.8) is 0 Å². The monoisotopic (exact) mass is 259 g/mol. The summed E-state index contributed by atoms with van der Waals surface area (Å²) in [6, 6.07) is 5.48. The fraction of sp³-hybridized carbons (Fsp3) is 0.400. The molecule has 0 unspecified atom stereocenters. The number of aryl methyl sites for hydroxylation is 1. The molecule has 0 radical (unpaired) electrons. The summed E-state index contributed by atoms with van der Waals surface area (Å²) in [7, 11) is 0. The Bertz CT molecular complexity index is 518. The third kappa shape index (κ3) is 5.45. The predicted octanol–water partition coefficient (Wildman–Crippen LogP) is 2.23. The lowest BCUT2D eigenvalue weighted by molar-refractivity contribution is 0.244. The third-order valence-electron chi connectivity index (χ3n) is 2.24. The fourth-order valence-electron chi connectivity index (χ4n) is 1.51. The van der Waals surface area contributed by atoms with Crippen LogP contribution >= 0.6 is 0 Å². The second kappa shape index (κ2) is 6.26. The summed E-state index contributed by atoms with van der Waals surface area (Å²) in [5.41, 5.74) is 7.61. The molecule has 0 saturated carbocycles. The number of rotatable bonds is 1. The van der Waals surface area contributed by atoms with Gasteiger partial charge in [0.05, 0.1) is 12.2 Å². The zero-order valence-electron chi connectivity index (χ0n) is 11.9. The van der Waals surface area contributed by atoms with E-state index in [0.717, 1.165) is 11.1 Å². The van der Waals surface area contributed by atoms with Gasteiger partial charge in [0.2, 0.25) is 0 Å². The summed E-state index contributed by atoms with van der Waals surface area (Å²) in [4.78, 5) is 11.9. The van der Waals surface area contributed by atoms with Gasteiger partial charge >= 0.3 is 6.03 Å². The first-order chi connectivity index (χ1) is 8.81. The number of nitrogens with two attached hydrogens (primary N) is 1. The predicted molar refractivity (Wildman–Crippen MR) is 79.0 cm³/mol. The molecule has 0 bridgehead atoms. The number of hydrogen-bond donors (Lipinski definition) is 3. The average molecular weight is 259 g/mol. The summed E-state index contributed by atoms with van der Waals surface area (Å²) < 4.78 is 0. The van der Waals surface area contributed by atoms with Crippen molar-refractivity contribution in [3.8, 4) is 11.8 Å². The molecule has 4 nitrogen and oxygen atoms in total. The van der Waals surface area contributed by atoms with E-state index < -0.39 is 0 Å². The van der Waals surface area contributed by atoms with Crippen LogP contribution in [-0.2, 0) is 0 Å². The van der Waals surface area contributed by atoms with Crippen molar-refractivity contribution in [1.82, 2.24) is 5.32 Å². The Morgan fingerprint density at radius 1 is 1.37 bits per heavy atom. The molecule has 0 heterocycles. The molecule has 0 saturated heterocycles. The lowest BCUT2D eigenvalue weighted by atomic mass is 10.1. The number of nitrogens with one attached hydrogen (secondary N) is 2. The van der Waals surface area contributed by atoms with Crippen LogP contribution in [0.15, 0.2) is 18.2 Å². The van der Waals surface area contributed by atoms with Gasteiger partial charge in [-0.3, -0.25) is 0 Å². The normalized spacial score (nSPS) is 10.4. The van der Waals surface area contributed by atoms with Crippen molar-refractivity contribution >= 4 is 11.7 Å². The maximum absolute atomic E-state index is 11.9. The van der Waals surface area contributed by atoms with Gasteiger partial charge < -0.3 is 16.4 Å². The minimum absolute atomic E-state index is 0.242. The lowest BCUT2D eigenvalue weighted by Crippen LogP contribution is -2.43. The van der Waals surface area contributed by atoms with Gasteiger partial charge in [-0.25, -0.2) is 4.79 Å². The van der Waals surface area contributed by atoms with E-state index in [1.54, 1.807) is 0 Å². The van der Waals surface area contributed by atoms with Gasteiger partial charge in [0.25, 0.3) is 0 Å². The summed E-state index contributed by atoms with van der Waals surface area (Å²) in [5, 5.41) is 5.67. The quantitative estimate of drug-likeness (QED) is 0.677. The molecular formula is C15H21N3O. The molecular weight excluding hydrogens is 238 g/mol. The topological polar surface area (TPSA) is 67.1 Å². The molecule has 19 heavy (non-hydrogen) atoms. The molecule has 4 N–H and O–H groups in total. The van der Waals surface area contributed by atoms with Crippen LogP contribution in [0.2, 0.25) is 0 Å². The van der Waals surface area contributed by atoms with Crippen LogP contribution in [0.4, 0.5) is 10.5 Å². The Kier molecular flexibility index (Phi) is 4.96. The lowest BCUT2D eigenvalue weighted by Gasteiger charge is -2.21. The Morgan fingerprint density at radius 3 is 2.63 bits per heavy atom. The molecule has 4 heteroatoms. The first-order valence-electron chi connectivity index (χ1n) is 6.20. The highest BCUT2D eigenvalue weighted by molar-refractivity contribution is 5.91. The first kappa shape index (κ1) is 15.1. The van der Waals surface area contributed by atoms with E-state index in [0.29, 0.717) is 12.2 Å². The van der Waals surface area contributed by atoms with E-state index in [1.165, 1.54) is 0 Å². The molecule has 0 aliphatic rings. The van der Waals surface area contributed by atoms with E-state index >= 15 is 0 Å². The van der Waals surface area contributed by atoms with Crippen LogP contribution < -0.4 is 16.4 Å². The van der Waals surface area contributed by atoms with Gasteiger partial charge in [-0.15, -0.1) is 0 Å². The molecule has 0 aromatic heterocycles. The number of benzene rings is 1. The smallest absolute Gasteiger partial charge is 0.319 e. The maximum atomic E-state index is 11.9. The number of hydrogen-bond acceptors (Lipinski definition) is 2. The second-order valence-corrected chi connectivity index (χ2v) is 5.38. The van der Waals surface area contributed by atoms with Crippen molar-refractivity contribution in [2.45, 2.75) is 33.2 Å². The van der Waals surface area contributed by atoms with Gasteiger partial charge in [0.15, 0.2) is 0 Å². The fourth-order valence-corrected chi connectivity index (χ4v) is 1.51. The molecule has 0 spiro atoms. The number of carbonyl (C=O) groups is 1. The van der Waals surface area contributed by atoms with E-state index in [4.69, 9.17) is 5.73 Å². The van der Waals surface area contributed by atoms with E-state index in [-0.39, 0.29) is 11.6 Å². The van der Waals surface area contributed by atoms with Crippen molar-refractivity contribution in [2.75, 3.05) is 11.9 Å². The first-order valence-corrected chi connectivity index (χ1v) is 6.20. The molecule has 0 fully saturated rings. The summed E-state index contributed by atoms with van der Waals surface area (Å²) in [6.45, 7) is 8.04. The van der Waals surface area contributed by atoms with Crippen LogP contribution in [0, 0.1) is 18.8 Å². The van der Waals surface area contributed by atoms with Crippen molar-refractivity contribution in [1.29, 1.82) is 0 Å². The summed E-state index contributed by atoms with van der Waals surface area (Å²) >= 11 is 0. The van der Waals surface area contributed by atoms with Gasteiger partial charge in [-0.2, -0.15) is 0 Å². The molecule has 0 aliphatic carbocycles. The van der Waals surface area contributed by atoms with E-state index in [1.807, 2.05) is 45.9 Å². The highest BCUT2D eigenvalue weighted by atomic mass is 16.2. The average Bonchev–Trinajstić information content (AvgIpc) is 2.25. The standard InChI is InChI=1S/C15H21N3O/c1-11-7-8-12(6-5-9-16)13(10-11)17-14(19)18-15(2,3)4/h7-8,10H,9,16H2,1-4H3,(H2,17,18,19). The van der Waals surface area contributed by atoms with Gasteiger partial charge in [0.1, 0.15) is 0 Å². The number of amides is 2. The van der Waals surface area contributed by atoms with E-state index in [9.17, 15) is 4.79 Å². The van der Waals surface area contributed by atoms with Gasteiger partial charge in [-0.05, 0) is 45.4 Å². The zero-order valence-corrected chi connectivity index (χ0v) is 11.9. The zero-order chi connectivity index (χ0) is 14.5. The molecule has 1 aromatic rings. The van der Waals surface area contributed by atoms with Crippen molar-refractivity contribution in [2.24, 2.45) is 5.73 Å². The largest absolute Gasteiger partial charge is 0.333 e. The van der Waals surface area contributed by atoms with E-state index in [2.05, 4.69) is 22.5 Å². The molecule has 1 rings (SSSR count). The van der Waals surface area contributed by atoms with Crippen LogP contribution in [0.1, 0.15) is 31.9 Å². The number of carbonyl (C=O) groups excluding carboxylic acids is 1. The Labute approximate surface area is 114 Å². The Morgan fingerprint density at radius 2 is 2.05 bits per heavy atom. The van der Waals surface area contributed by atoms with Crippen molar-refractivity contribution < 1.29 is 4.79 Å². The SMILES string of the molecule is Cc1ccc(C#CCN)c(NC(=O)NC(C)(C)C)c1. The van der Waals surface area contributed by atoms with Crippen LogP contribution in [0.3, 0.4) is 0 Å². The van der Waals surface area contributed by atoms with Gasteiger partial charge in [-0.1, -0.05) is 17.9 Å². The minimum Gasteiger partial charge on any atom is -0.333 e. The molecule has 1 aromatic carbocycles. The summed E-state index contributed by atoms with van der Waals surface area (Å²) in [6.07, 6.45) is 0. The third-order valence-corrected chi connectivity index (χ3v) is 2.24. The summed E-state index contributed by atoms with van der Waals surface area (Å²) in [5.74, 6) is 5.74. The van der Waals surface area contributed by atoms with Gasteiger partial charge in [0, 0.05) is 11.1 Å². The van der Waals surface area contributed by atoms with Crippen LogP contribution in [0.5, 0.6) is 0 Å².